The zero-order valence-electron chi connectivity index (χ0n) is 17.9. The average Bonchev–Trinajstić information content (AvgIpc) is 3.35. The van der Waals surface area contributed by atoms with Crippen LogP contribution in [0.3, 0.4) is 0 Å². The summed E-state index contributed by atoms with van der Waals surface area (Å²) in [4.78, 5) is 37.7. The lowest BCUT2D eigenvalue weighted by atomic mass is 9.89. The molecule has 166 valence electrons. The number of anilines is 3. The van der Waals surface area contributed by atoms with Crippen molar-refractivity contribution in [3.05, 3.63) is 34.7 Å². The second kappa shape index (κ2) is 8.71. The first kappa shape index (κ1) is 21.2. The summed E-state index contributed by atoms with van der Waals surface area (Å²) in [5.41, 5.74) is 9.08. The molecule has 1 atom stereocenters. The van der Waals surface area contributed by atoms with Gasteiger partial charge in [-0.3, -0.25) is 9.59 Å². The van der Waals surface area contributed by atoms with E-state index in [0.29, 0.717) is 29.0 Å². The van der Waals surface area contributed by atoms with Crippen LogP contribution in [-0.4, -0.2) is 34.1 Å². The smallest absolute Gasteiger partial charge is 0.234 e. The minimum absolute atomic E-state index is 0.124. The van der Waals surface area contributed by atoms with Crippen LogP contribution in [0.25, 0.3) is 10.2 Å². The molecule has 2 aliphatic rings. The van der Waals surface area contributed by atoms with Gasteiger partial charge in [-0.05, 0) is 55.4 Å². The second-order valence-electron chi connectivity index (χ2n) is 8.46. The summed E-state index contributed by atoms with van der Waals surface area (Å²) >= 11 is 2.99. The summed E-state index contributed by atoms with van der Waals surface area (Å²) in [5, 5.41) is 4.43. The Hall–Kier alpha value is -2.65. The fourth-order valence-corrected chi connectivity index (χ4v) is 6.51. The van der Waals surface area contributed by atoms with Crippen molar-refractivity contribution in [3.8, 4) is 0 Å². The molecule has 32 heavy (non-hydrogen) atoms. The van der Waals surface area contributed by atoms with Crippen LogP contribution < -0.4 is 16.0 Å². The molecule has 1 saturated heterocycles. The Bertz CT molecular complexity index is 1210. The number of aromatic nitrogens is 2. The molecule has 1 aliphatic heterocycles. The molecule has 5 rings (SSSR count). The molecule has 2 aromatic heterocycles. The zero-order chi connectivity index (χ0) is 22.2. The molecule has 3 heterocycles. The molecule has 0 bridgehead atoms. The molecule has 9 heteroatoms. The highest BCUT2D eigenvalue weighted by atomic mass is 32.2. The predicted molar refractivity (Wildman–Crippen MR) is 130 cm³/mol. The first-order chi connectivity index (χ1) is 15.5. The minimum Gasteiger partial charge on any atom is -0.383 e. The van der Waals surface area contributed by atoms with Gasteiger partial charge in [0.15, 0.2) is 5.16 Å². The molecule has 0 saturated carbocycles. The van der Waals surface area contributed by atoms with Gasteiger partial charge in [0.05, 0.1) is 11.1 Å². The Morgan fingerprint density at radius 1 is 1.34 bits per heavy atom. The number of fused-ring (bicyclic) bond motifs is 3. The van der Waals surface area contributed by atoms with Gasteiger partial charge < -0.3 is 16.0 Å². The Kier molecular flexibility index (Phi) is 5.77. The van der Waals surface area contributed by atoms with Gasteiger partial charge in [-0.1, -0.05) is 24.8 Å². The van der Waals surface area contributed by atoms with Crippen molar-refractivity contribution in [2.75, 3.05) is 28.2 Å². The number of hydrogen-bond donors (Lipinski definition) is 2. The Morgan fingerprint density at radius 3 is 3.03 bits per heavy atom. The van der Waals surface area contributed by atoms with E-state index in [1.807, 2.05) is 24.3 Å². The zero-order valence-corrected chi connectivity index (χ0v) is 19.5. The number of rotatable bonds is 5. The number of hydrogen-bond acceptors (Lipinski definition) is 7. The van der Waals surface area contributed by atoms with E-state index in [2.05, 4.69) is 22.2 Å². The summed E-state index contributed by atoms with van der Waals surface area (Å²) in [7, 11) is 0. The highest BCUT2D eigenvalue weighted by Gasteiger charge is 2.24. The molecule has 3 aromatic rings. The van der Waals surface area contributed by atoms with E-state index in [4.69, 9.17) is 5.73 Å². The van der Waals surface area contributed by atoms with Gasteiger partial charge in [0.2, 0.25) is 11.8 Å². The average molecular weight is 468 g/mol. The van der Waals surface area contributed by atoms with Crippen molar-refractivity contribution < 1.29 is 9.59 Å². The maximum atomic E-state index is 12.5. The van der Waals surface area contributed by atoms with Gasteiger partial charge >= 0.3 is 0 Å². The Labute approximate surface area is 194 Å². The SMILES string of the molecule is CC1CCc2c(sc3nc(SCC(=O)Nc4cccc(N5CCCC5=O)c4)nc(N)c23)C1. The van der Waals surface area contributed by atoms with Crippen molar-refractivity contribution in [1.82, 2.24) is 9.97 Å². The topological polar surface area (TPSA) is 101 Å². The number of thioether (sulfide) groups is 1. The summed E-state index contributed by atoms with van der Waals surface area (Å²) < 4.78 is 0. The summed E-state index contributed by atoms with van der Waals surface area (Å²) in [6.07, 6.45) is 4.71. The van der Waals surface area contributed by atoms with Crippen molar-refractivity contribution in [2.45, 2.75) is 44.2 Å². The largest absolute Gasteiger partial charge is 0.383 e. The van der Waals surface area contributed by atoms with E-state index in [1.54, 1.807) is 16.2 Å². The number of benzene rings is 1. The van der Waals surface area contributed by atoms with Crippen molar-refractivity contribution >= 4 is 62.3 Å². The lowest BCUT2D eigenvalue weighted by Gasteiger charge is -2.17. The van der Waals surface area contributed by atoms with Gasteiger partial charge in [0, 0.05) is 29.2 Å². The first-order valence-electron chi connectivity index (χ1n) is 10.9. The van der Waals surface area contributed by atoms with E-state index in [0.717, 1.165) is 41.7 Å². The number of nitrogens with two attached hydrogens (primary N) is 1. The molecule has 3 N–H and O–H groups in total. The normalized spacial score (nSPS) is 18.2. The molecule has 0 spiro atoms. The van der Waals surface area contributed by atoms with Crippen LogP contribution in [0.1, 0.15) is 36.6 Å². The number of thiophene rings is 1. The van der Waals surface area contributed by atoms with Crippen LogP contribution in [0.15, 0.2) is 29.4 Å². The summed E-state index contributed by atoms with van der Waals surface area (Å²) in [6, 6.07) is 7.40. The van der Waals surface area contributed by atoms with Crippen LogP contribution >= 0.6 is 23.1 Å². The number of nitrogens with zero attached hydrogens (tertiary/aromatic N) is 3. The summed E-state index contributed by atoms with van der Waals surface area (Å²) in [6.45, 7) is 3.00. The van der Waals surface area contributed by atoms with Gasteiger partial charge in [0.25, 0.3) is 0 Å². The number of nitrogens with one attached hydrogen (secondary N) is 1. The fraction of sp³-hybridized carbons (Fsp3) is 0.391. The van der Waals surface area contributed by atoms with E-state index in [1.165, 1.54) is 28.6 Å². The van der Waals surface area contributed by atoms with E-state index in [9.17, 15) is 9.59 Å². The molecule has 1 unspecified atom stereocenters. The van der Waals surface area contributed by atoms with Crippen LogP contribution in [0.2, 0.25) is 0 Å². The highest BCUT2D eigenvalue weighted by molar-refractivity contribution is 7.99. The maximum absolute atomic E-state index is 12.5. The highest BCUT2D eigenvalue weighted by Crippen LogP contribution is 2.40. The molecule has 7 nitrogen and oxygen atoms in total. The molecular formula is C23H25N5O2S2. The number of nitrogen functional groups attached to an aromatic ring is 1. The standard InChI is InChI=1S/C23H25N5O2S2/c1-13-7-8-16-17(10-13)32-22-20(16)21(24)26-23(27-22)31-12-18(29)25-14-4-2-5-15(11-14)28-9-3-6-19(28)30/h2,4-5,11,13H,3,6-10,12H2,1H3,(H,25,29)(H2,24,26,27). The predicted octanol–water partition coefficient (Wildman–Crippen LogP) is 4.26. The molecule has 1 fully saturated rings. The van der Waals surface area contributed by atoms with Crippen molar-refractivity contribution in [2.24, 2.45) is 5.92 Å². The molecular weight excluding hydrogens is 442 g/mol. The number of carbonyl (C=O) groups excluding carboxylic acids is 2. The van der Waals surface area contributed by atoms with Gasteiger partial charge in [-0.25, -0.2) is 9.97 Å². The third-order valence-electron chi connectivity index (χ3n) is 6.01. The monoisotopic (exact) mass is 467 g/mol. The molecule has 2 amide bonds. The van der Waals surface area contributed by atoms with Crippen LogP contribution in [0.5, 0.6) is 0 Å². The fourth-order valence-electron chi connectivity index (χ4n) is 4.41. The third-order valence-corrected chi connectivity index (χ3v) is 8.01. The quantitative estimate of drug-likeness (QED) is 0.430. The molecule has 1 aliphatic carbocycles. The first-order valence-corrected chi connectivity index (χ1v) is 12.7. The van der Waals surface area contributed by atoms with Gasteiger partial charge in [-0.2, -0.15) is 0 Å². The third kappa shape index (κ3) is 4.19. The molecule has 1 aromatic carbocycles. The summed E-state index contributed by atoms with van der Waals surface area (Å²) in [5.74, 6) is 1.35. The van der Waals surface area contributed by atoms with Gasteiger partial charge in [0.1, 0.15) is 10.6 Å². The Morgan fingerprint density at radius 2 is 2.22 bits per heavy atom. The Balaban J connectivity index is 1.26. The van der Waals surface area contributed by atoms with E-state index in [-0.39, 0.29) is 17.6 Å². The van der Waals surface area contributed by atoms with E-state index >= 15 is 0 Å². The lowest BCUT2D eigenvalue weighted by molar-refractivity contribution is -0.117. The van der Waals surface area contributed by atoms with Gasteiger partial charge in [-0.15, -0.1) is 11.3 Å². The molecule has 0 radical (unpaired) electrons. The second-order valence-corrected chi connectivity index (χ2v) is 10.5. The van der Waals surface area contributed by atoms with Crippen molar-refractivity contribution in [1.29, 1.82) is 0 Å². The van der Waals surface area contributed by atoms with Crippen molar-refractivity contribution in [3.63, 3.8) is 0 Å². The lowest BCUT2D eigenvalue weighted by Crippen LogP contribution is -2.23. The number of aryl methyl sites for hydroxylation is 1. The minimum atomic E-state index is -0.151. The maximum Gasteiger partial charge on any atom is 0.234 e. The number of amides is 2. The van der Waals surface area contributed by atoms with E-state index < -0.39 is 0 Å². The number of carbonyl (C=O) groups is 2. The van der Waals surface area contributed by atoms with Crippen LogP contribution in [-0.2, 0) is 22.4 Å². The van der Waals surface area contributed by atoms with Crippen LogP contribution in [0, 0.1) is 5.92 Å². The van der Waals surface area contributed by atoms with Crippen LogP contribution in [0.4, 0.5) is 17.2 Å².